The second-order valence-electron chi connectivity index (χ2n) is 5.89. The van der Waals surface area contributed by atoms with Crippen molar-refractivity contribution in [1.29, 1.82) is 5.26 Å². The molecule has 3 aromatic carbocycles. The van der Waals surface area contributed by atoms with Crippen LogP contribution in [0.1, 0.15) is 18.1 Å². The molecule has 27 heavy (non-hydrogen) atoms. The molecule has 0 bridgehead atoms. The Morgan fingerprint density at radius 1 is 1.07 bits per heavy atom. The van der Waals surface area contributed by atoms with Crippen molar-refractivity contribution < 1.29 is 14.3 Å². The van der Waals surface area contributed by atoms with Crippen LogP contribution in [-0.4, -0.2) is 12.6 Å². The van der Waals surface area contributed by atoms with Gasteiger partial charge < -0.3 is 9.47 Å². The lowest BCUT2D eigenvalue weighted by Crippen LogP contribution is -2.06. The fraction of sp³-hybridized carbons (Fsp3) is 0.130. The lowest BCUT2D eigenvalue weighted by Gasteiger charge is -2.10. The molecule has 0 heterocycles. The molecule has 4 nitrogen and oxygen atoms in total. The lowest BCUT2D eigenvalue weighted by molar-refractivity contribution is -0.137. The fourth-order valence-corrected chi connectivity index (χ4v) is 2.79. The molecule has 4 heteroatoms. The minimum Gasteiger partial charge on any atom is -0.489 e. The molecule has 0 unspecified atom stereocenters. The highest BCUT2D eigenvalue weighted by Crippen LogP contribution is 2.22. The van der Waals surface area contributed by atoms with Crippen LogP contribution in [0.25, 0.3) is 16.8 Å². The van der Waals surface area contributed by atoms with Gasteiger partial charge in [-0.2, -0.15) is 5.26 Å². The number of ether oxygens (including phenoxy) is 2. The zero-order valence-electron chi connectivity index (χ0n) is 15.0. The minimum absolute atomic E-state index is 0.0388. The van der Waals surface area contributed by atoms with Gasteiger partial charge in [-0.1, -0.05) is 54.6 Å². The molecule has 0 fully saturated rings. The van der Waals surface area contributed by atoms with Gasteiger partial charge in [-0.3, -0.25) is 0 Å². The second kappa shape index (κ2) is 8.68. The summed E-state index contributed by atoms with van der Waals surface area (Å²) in [5.74, 6) is 0.0416. The topological polar surface area (TPSA) is 59.3 Å². The number of carbonyl (C=O) groups excluding carboxylic acids is 1. The van der Waals surface area contributed by atoms with Gasteiger partial charge in [-0.25, -0.2) is 4.79 Å². The summed E-state index contributed by atoms with van der Waals surface area (Å²) in [6.07, 6.45) is 1.50. The van der Waals surface area contributed by atoms with Crippen LogP contribution in [0.2, 0.25) is 0 Å². The Bertz CT molecular complexity index is 1030. The van der Waals surface area contributed by atoms with Crippen LogP contribution in [0.15, 0.2) is 72.3 Å². The SMILES string of the molecule is CCOC(=O)/C(C#N)=C/c1cccc(OCc2cccc3ccccc23)c1. The van der Waals surface area contributed by atoms with Crippen LogP contribution in [0.5, 0.6) is 5.75 Å². The maximum absolute atomic E-state index is 11.8. The van der Waals surface area contributed by atoms with Crippen molar-refractivity contribution in [3.63, 3.8) is 0 Å². The zero-order chi connectivity index (χ0) is 19.1. The van der Waals surface area contributed by atoms with Gasteiger partial charge in [0, 0.05) is 0 Å². The highest BCUT2D eigenvalue weighted by atomic mass is 16.5. The van der Waals surface area contributed by atoms with Gasteiger partial charge >= 0.3 is 5.97 Å². The first-order chi connectivity index (χ1) is 13.2. The quantitative estimate of drug-likeness (QED) is 0.358. The van der Waals surface area contributed by atoms with Crippen LogP contribution in [0, 0.1) is 11.3 Å². The number of nitriles is 1. The number of esters is 1. The number of hydrogen-bond donors (Lipinski definition) is 0. The van der Waals surface area contributed by atoms with E-state index in [9.17, 15) is 4.79 Å². The number of rotatable bonds is 6. The standard InChI is InChI=1S/C23H19NO3/c1-2-26-23(25)20(15-24)13-17-7-5-11-21(14-17)27-16-19-10-6-9-18-8-3-4-12-22(18)19/h3-14H,2,16H2,1H3/b20-13+. The summed E-state index contributed by atoms with van der Waals surface area (Å²) in [5.41, 5.74) is 1.76. The van der Waals surface area contributed by atoms with Crippen LogP contribution >= 0.6 is 0 Å². The molecule has 0 saturated heterocycles. The first kappa shape index (κ1) is 18.2. The predicted octanol–water partition coefficient (Wildman–Crippen LogP) is 4.89. The maximum Gasteiger partial charge on any atom is 0.348 e. The van der Waals surface area contributed by atoms with E-state index in [0.29, 0.717) is 17.9 Å². The first-order valence-electron chi connectivity index (χ1n) is 8.69. The Hall–Kier alpha value is -3.58. The monoisotopic (exact) mass is 357 g/mol. The molecule has 3 aromatic rings. The van der Waals surface area contributed by atoms with E-state index in [1.807, 2.05) is 42.5 Å². The van der Waals surface area contributed by atoms with Gasteiger partial charge in [0.05, 0.1) is 6.61 Å². The van der Waals surface area contributed by atoms with Gasteiger partial charge in [0.25, 0.3) is 0 Å². The highest BCUT2D eigenvalue weighted by molar-refractivity contribution is 5.97. The summed E-state index contributed by atoms with van der Waals surface area (Å²) < 4.78 is 10.8. The molecule has 0 aromatic heterocycles. The number of benzene rings is 3. The first-order valence-corrected chi connectivity index (χ1v) is 8.69. The van der Waals surface area contributed by atoms with Crippen molar-refractivity contribution in [3.05, 3.63) is 83.4 Å². The van der Waals surface area contributed by atoms with Gasteiger partial charge in [0.2, 0.25) is 0 Å². The molecule has 134 valence electrons. The van der Waals surface area contributed by atoms with E-state index in [0.717, 1.165) is 10.9 Å². The predicted molar refractivity (Wildman–Crippen MR) is 105 cm³/mol. The molecule has 0 aliphatic rings. The molecular weight excluding hydrogens is 338 g/mol. The molecule has 0 aliphatic carbocycles. The van der Waals surface area contributed by atoms with Gasteiger partial charge in [-0.15, -0.1) is 0 Å². The lowest BCUT2D eigenvalue weighted by atomic mass is 10.1. The molecular formula is C23H19NO3. The zero-order valence-corrected chi connectivity index (χ0v) is 15.0. The van der Waals surface area contributed by atoms with Gasteiger partial charge in [-0.05, 0) is 47.0 Å². The van der Waals surface area contributed by atoms with Gasteiger partial charge in [0.15, 0.2) is 0 Å². The third kappa shape index (κ3) is 4.53. The van der Waals surface area contributed by atoms with Crippen molar-refractivity contribution in [2.75, 3.05) is 6.61 Å². The van der Waals surface area contributed by atoms with E-state index in [1.54, 1.807) is 19.1 Å². The van der Waals surface area contributed by atoms with Crippen molar-refractivity contribution in [1.82, 2.24) is 0 Å². The second-order valence-corrected chi connectivity index (χ2v) is 5.89. The van der Waals surface area contributed by atoms with E-state index in [4.69, 9.17) is 14.7 Å². The average Bonchev–Trinajstić information content (AvgIpc) is 2.71. The molecule has 0 amide bonds. The van der Waals surface area contributed by atoms with E-state index in [1.165, 1.54) is 11.5 Å². The largest absolute Gasteiger partial charge is 0.489 e. The molecule has 3 rings (SSSR count). The number of carbonyl (C=O) groups is 1. The summed E-state index contributed by atoms with van der Waals surface area (Å²) in [6.45, 7) is 2.36. The number of nitrogens with zero attached hydrogens (tertiary/aromatic N) is 1. The average molecular weight is 357 g/mol. The Kier molecular flexibility index (Phi) is 5.86. The van der Waals surface area contributed by atoms with Crippen LogP contribution in [0.4, 0.5) is 0 Å². The third-order valence-electron chi connectivity index (χ3n) is 4.06. The van der Waals surface area contributed by atoms with Crippen molar-refractivity contribution >= 4 is 22.8 Å². The molecule has 0 radical (unpaired) electrons. The van der Waals surface area contributed by atoms with E-state index >= 15 is 0 Å². The smallest absolute Gasteiger partial charge is 0.348 e. The Labute approximate surface area is 158 Å². The Morgan fingerprint density at radius 3 is 2.67 bits per heavy atom. The van der Waals surface area contributed by atoms with Crippen LogP contribution < -0.4 is 4.74 Å². The summed E-state index contributed by atoms with van der Waals surface area (Å²) in [7, 11) is 0. The molecule has 0 spiro atoms. The maximum atomic E-state index is 11.8. The molecule has 0 N–H and O–H groups in total. The summed E-state index contributed by atoms with van der Waals surface area (Å²) in [4.78, 5) is 11.8. The van der Waals surface area contributed by atoms with Crippen molar-refractivity contribution in [2.45, 2.75) is 13.5 Å². The molecule has 0 atom stereocenters. The van der Waals surface area contributed by atoms with Crippen LogP contribution in [-0.2, 0) is 16.1 Å². The molecule has 0 aliphatic heterocycles. The third-order valence-corrected chi connectivity index (χ3v) is 4.06. The van der Waals surface area contributed by atoms with E-state index in [2.05, 4.69) is 18.2 Å². The normalized spacial score (nSPS) is 11.0. The molecule has 0 saturated carbocycles. The highest BCUT2D eigenvalue weighted by Gasteiger charge is 2.10. The van der Waals surface area contributed by atoms with Crippen molar-refractivity contribution in [2.24, 2.45) is 0 Å². The van der Waals surface area contributed by atoms with E-state index in [-0.39, 0.29) is 12.2 Å². The van der Waals surface area contributed by atoms with Crippen molar-refractivity contribution in [3.8, 4) is 11.8 Å². The summed E-state index contributed by atoms with van der Waals surface area (Å²) >= 11 is 0. The van der Waals surface area contributed by atoms with Crippen LogP contribution in [0.3, 0.4) is 0 Å². The van der Waals surface area contributed by atoms with Gasteiger partial charge in [0.1, 0.15) is 24.0 Å². The Morgan fingerprint density at radius 2 is 1.85 bits per heavy atom. The summed E-state index contributed by atoms with van der Waals surface area (Å²) in [5, 5.41) is 11.5. The Balaban J connectivity index is 1.78. The number of hydrogen-bond acceptors (Lipinski definition) is 4. The number of fused-ring (bicyclic) bond motifs is 1. The van der Waals surface area contributed by atoms with E-state index < -0.39 is 5.97 Å². The summed E-state index contributed by atoms with van der Waals surface area (Å²) in [6, 6.07) is 23.4. The fourth-order valence-electron chi connectivity index (χ4n) is 2.79. The minimum atomic E-state index is -0.623.